The van der Waals surface area contributed by atoms with E-state index < -0.39 is 17.0 Å². The number of esters is 1. The van der Waals surface area contributed by atoms with Crippen molar-refractivity contribution in [1.82, 2.24) is 5.32 Å². The molecule has 1 fully saturated rings. The molecular weight excluding hydrogens is 474 g/mol. The zero-order chi connectivity index (χ0) is 26.8. The number of hydrogen-bond acceptors (Lipinski definition) is 4. The second-order valence-corrected chi connectivity index (χ2v) is 10.6. The molecule has 0 aromatic heterocycles. The lowest BCUT2D eigenvalue weighted by Gasteiger charge is -2.21. The van der Waals surface area contributed by atoms with Gasteiger partial charge < -0.3 is 15.8 Å². The Balaban J connectivity index is 1.64. The minimum atomic E-state index is -0.612. The van der Waals surface area contributed by atoms with E-state index >= 15 is 4.39 Å². The van der Waals surface area contributed by atoms with Gasteiger partial charge in [0.05, 0.1) is 5.41 Å². The molecule has 0 radical (unpaired) electrons. The lowest BCUT2D eigenvalue weighted by atomic mass is 9.87. The number of nitrogens with zero attached hydrogens (tertiary/aromatic N) is 2. The normalized spacial score (nSPS) is 15.3. The largest absolute Gasteiger partial charge is 0.442 e. The van der Waals surface area contributed by atoms with Crippen molar-refractivity contribution < 1.29 is 18.3 Å². The molecule has 3 rings (SSSR count). The maximum Gasteiger partial charge on any atom is 0.313 e. The molecule has 0 atom stereocenters. The van der Waals surface area contributed by atoms with Gasteiger partial charge in [0.2, 0.25) is 0 Å². The van der Waals surface area contributed by atoms with Crippen LogP contribution in [0.4, 0.5) is 8.78 Å². The molecule has 6 nitrogen and oxygen atoms in total. The van der Waals surface area contributed by atoms with Crippen LogP contribution in [0.1, 0.15) is 70.4 Å². The van der Waals surface area contributed by atoms with Crippen molar-refractivity contribution >= 4 is 18.1 Å². The highest BCUT2D eigenvalue weighted by atomic mass is 19.1. The van der Waals surface area contributed by atoms with Gasteiger partial charge in [0.25, 0.3) is 0 Å². The van der Waals surface area contributed by atoms with Gasteiger partial charge in [0.15, 0.2) is 6.73 Å². The predicted molar refractivity (Wildman–Crippen MR) is 144 cm³/mol. The van der Waals surface area contributed by atoms with Crippen LogP contribution >= 0.6 is 0 Å². The summed E-state index contributed by atoms with van der Waals surface area (Å²) in [4.78, 5) is 19.8. The van der Waals surface area contributed by atoms with Gasteiger partial charge in [-0.3, -0.25) is 4.79 Å². The molecule has 0 bridgehead atoms. The maximum absolute atomic E-state index is 15.4. The smallest absolute Gasteiger partial charge is 0.313 e. The van der Waals surface area contributed by atoms with E-state index in [1.54, 1.807) is 45.0 Å². The topological polar surface area (TPSA) is 89.1 Å². The number of benzene rings is 2. The maximum atomic E-state index is 15.4. The Hall–Kier alpha value is -3.13. The molecule has 0 amide bonds. The first-order chi connectivity index (χ1) is 17.7. The lowest BCUT2D eigenvalue weighted by molar-refractivity contribution is -0.152. The van der Waals surface area contributed by atoms with E-state index in [4.69, 9.17) is 10.5 Å². The Kier molecular flexibility index (Phi) is 10.3. The van der Waals surface area contributed by atoms with Gasteiger partial charge in [0, 0.05) is 23.2 Å². The van der Waals surface area contributed by atoms with Crippen molar-refractivity contribution in [1.29, 1.82) is 0 Å². The van der Waals surface area contributed by atoms with Crippen LogP contribution in [-0.4, -0.2) is 31.4 Å². The number of carbonyl (C=O) groups excluding carboxylic acids is 1. The van der Waals surface area contributed by atoms with Gasteiger partial charge in [0.1, 0.15) is 23.8 Å². The van der Waals surface area contributed by atoms with E-state index in [-0.39, 0.29) is 30.6 Å². The van der Waals surface area contributed by atoms with Crippen LogP contribution in [0.2, 0.25) is 0 Å². The summed E-state index contributed by atoms with van der Waals surface area (Å²) in [6.07, 6.45) is 8.62. The highest BCUT2D eigenvalue weighted by Crippen LogP contribution is 2.28. The fourth-order valence-corrected chi connectivity index (χ4v) is 4.35. The Morgan fingerprint density at radius 2 is 1.92 bits per heavy atom. The Labute approximate surface area is 218 Å². The van der Waals surface area contributed by atoms with Crippen molar-refractivity contribution in [2.45, 2.75) is 65.8 Å². The molecule has 1 saturated carbocycles. The van der Waals surface area contributed by atoms with E-state index in [1.165, 1.54) is 50.6 Å². The van der Waals surface area contributed by atoms with Gasteiger partial charge in [-0.1, -0.05) is 50.3 Å². The standard InChI is InChI=1S/C29H38F2N4O2/c1-29(2,3)28(36)37-19-34-18-35-27(32)22-11-7-10-21(16-22)23-12-13-25(30)24(26(23)31)17-33-15-14-20-8-5-4-6-9-20/h7,10-13,16,18,20,33H,4-6,8-9,14-15,17,19H2,1-3H3,(H2,32,34,35). The molecule has 0 saturated heterocycles. The number of amidine groups is 1. The third kappa shape index (κ3) is 8.45. The SMILES string of the molecule is CC(C)(C)C(=O)OC/N=C/N=C(N)c1cccc(-c2ccc(F)c(CNCCC3CCCCC3)c2F)c1. The average Bonchev–Trinajstić information content (AvgIpc) is 2.88. The zero-order valence-corrected chi connectivity index (χ0v) is 22.0. The van der Waals surface area contributed by atoms with Gasteiger partial charge in [-0.15, -0.1) is 0 Å². The first kappa shape index (κ1) is 28.4. The molecule has 0 unspecified atom stereocenters. The van der Waals surface area contributed by atoms with Crippen molar-refractivity contribution in [2.75, 3.05) is 13.3 Å². The van der Waals surface area contributed by atoms with Crippen LogP contribution in [0.5, 0.6) is 0 Å². The molecule has 1 aliphatic carbocycles. The number of halogens is 2. The lowest BCUT2D eigenvalue weighted by Crippen LogP contribution is -2.22. The second kappa shape index (κ2) is 13.4. The molecule has 1 aliphatic rings. The first-order valence-electron chi connectivity index (χ1n) is 12.9. The van der Waals surface area contributed by atoms with Crippen molar-refractivity contribution in [3.63, 3.8) is 0 Å². The van der Waals surface area contributed by atoms with E-state index in [1.807, 2.05) is 0 Å². The number of nitrogens with two attached hydrogens (primary N) is 1. The summed E-state index contributed by atoms with van der Waals surface area (Å²) in [5.74, 6) is -0.637. The van der Waals surface area contributed by atoms with Crippen LogP contribution in [-0.2, 0) is 16.1 Å². The van der Waals surface area contributed by atoms with Crippen molar-refractivity contribution in [3.05, 3.63) is 59.2 Å². The fourth-order valence-electron chi connectivity index (χ4n) is 4.35. The Morgan fingerprint density at radius 3 is 2.65 bits per heavy atom. The molecule has 3 N–H and O–H groups in total. The van der Waals surface area contributed by atoms with Gasteiger partial charge in [-0.25, -0.2) is 18.8 Å². The summed E-state index contributed by atoms with van der Waals surface area (Å²) >= 11 is 0. The monoisotopic (exact) mass is 512 g/mol. The summed E-state index contributed by atoms with van der Waals surface area (Å²) in [5, 5.41) is 3.22. The molecule has 2 aromatic carbocycles. The summed E-state index contributed by atoms with van der Waals surface area (Å²) < 4.78 is 34.9. The van der Waals surface area contributed by atoms with E-state index in [0.29, 0.717) is 22.6 Å². The number of aliphatic imine (C=N–C) groups is 2. The average molecular weight is 513 g/mol. The van der Waals surface area contributed by atoms with Crippen LogP contribution in [0.15, 0.2) is 46.4 Å². The summed E-state index contributed by atoms with van der Waals surface area (Å²) in [5.41, 5.74) is 6.91. The van der Waals surface area contributed by atoms with E-state index in [0.717, 1.165) is 13.0 Å². The zero-order valence-electron chi connectivity index (χ0n) is 22.0. The minimum Gasteiger partial charge on any atom is -0.442 e. The molecule has 0 aliphatic heterocycles. The second-order valence-electron chi connectivity index (χ2n) is 10.6. The van der Waals surface area contributed by atoms with E-state index in [2.05, 4.69) is 15.3 Å². The molecular formula is C29H38F2N4O2. The third-order valence-corrected chi connectivity index (χ3v) is 6.57. The van der Waals surface area contributed by atoms with Crippen LogP contribution < -0.4 is 11.1 Å². The van der Waals surface area contributed by atoms with Crippen LogP contribution in [0, 0.1) is 23.0 Å². The van der Waals surface area contributed by atoms with Crippen molar-refractivity contribution in [3.8, 4) is 11.1 Å². The summed E-state index contributed by atoms with van der Waals surface area (Å²) in [6.45, 7) is 5.98. The van der Waals surface area contributed by atoms with Gasteiger partial charge >= 0.3 is 5.97 Å². The van der Waals surface area contributed by atoms with Gasteiger partial charge in [-0.2, -0.15) is 0 Å². The highest BCUT2D eigenvalue weighted by Gasteiger charge is 2.22. The first-order valence-corrected chi connectivity index (χ1v) is 12.9. The molecule has 0 heterocycles. The number of carbonyl (C=O) groups is 1. The summed E-state index contributed by atoms with van der Waals surface area (Å²) in [7, 11) is 0. The van der Waals surface area contributed by atoms with Gasteiger partial charge in [-0.05, 0) is 63.4 Å². The Bertz CT molecular complexity index is 1120. The highest BCUT2D eigenvalue weighted by molar-refractivity contribution is 6.02. The Morgan fingerprint density at radius 1 is 1.16 bits per heavy atom. The predicted octanol–water partition coefficient (Wildman–Crippen LogP) is 5.97. The third-order valence-electron chi connectivity index (χ3n) is 6.57. The quantitative estimate of drug-likeness (QED) is 0.178. The molecule has 37 heavy (non-hydrogen) atoms. The summed E-state index contributed by atoms with van der Waals surface area (Å²) in [6, 6.07) is 9.65. The number of ether oxygens (including phenoxy) is 1. The number of rotatable bonds is 10. The van der Waals surface area contributed by atoms with Crippen LogP contribution in [0.3, 0.4) is 0 Å². The van der Waals surface area contributed by atoms with Crippen LogP contribution in [0.25, 0.3) is 11.1 Å². The molecule has 200 valence electrons. The minimum absolute atomic E-state index is 0.0325. The number of hydrogen-bond donors (Lipinski definition) is 2. The van der Waals surface area contributed by atoms with E-state index in [9.17, 15) is 9.18 Å². The fraction of sp³-hybridized carbons (Fsp3) is 0.483. The van der Waals surface area contributed by atoms with Crippen molar-refractivity contribution in [2.24, 2.45) is 27.1 Å². The number of nitrogens with one attached hydrogen (secondary N) is 1. The molecule has 2 aromatic rings. The molecule has 0 spiro atoms. The molecule has 8 heteroatoms.